The molecule has 6 heteroatoms. The molecule has 3 aromatic rings. The predicted octanol–water partition coefficient (Wildman–Crippen LogP) is 4.47. The first-order valence-corrected chi connectivity index (χ1v) is 11.7. The molecule has 5 nitrogen and oxygen atoms in total. The van der Waals surface area contributed by atoms with E-state index in [1.165, 1.54) is 21.9 Å². The fraction of sp³-hybridized carbons (Fsp3) is 0.231. The quantitative estimate of drug-likeness (QED) is 0.558. The highest BCUT2D eigenvalue weighted by Crippen LogP contribution is 2.37. The van der Waals surface area contributed by atoms with Crippen LogP contribution in [-0.2, 0) is 9.59 Å². The van der Waals surface area contributed by atoms with Gasteiger partial charge in [-0.25, -0.2) is 4.90 Å². The highest BCUT2D eigenvalue weighted by molar-refractivity contribution is 7.11. The van der Waals surface area contributed by atoms with Crippen LogP contribution in [0.1, 0.15) is 16.0 Å². The third-order valence-electron chi connectivity index (χ3n) is 6.01. The van der Waals surface area contributed by atoms with Gasteiger partial charge in [0.1, 0.15) is 5.70 Å². The zero-order valence-electron chi connectivity index (χ0n) is 18.2. The number of para-hydroxylation sites is 1. The molecule has 2 aromatic carbocycles. The van der Waals surface area contributed by atoms with Crippen LogP contribution in [0.3, 0.4) is 0 Å². The Hall–Kier alpha value is -3.38. The number of anilines is 2. The molecule has 1 fully saturated rings. The zero-order valence-corrected chi connectivity index (χ0v) is 19.1. The number of hydrogen-bond acceptors (Lipinski definition) is 5. The van der Waals surface area contributed by atoms with E-state index < -0.39 is 0 Å². The Balaban J connectivity index is 1.49. The van der Waals surface area contributed by atoms with Gasteiger partial charge in [-0.2, -0.15) is 0 Å². The molecule has 1 saturated heterocycles. The highest BCUT2D eigenvalue weighted by Gasteiger charge is 2.43. The van der Waals surface area contributed by atoms with Gasteiger partial charge in [0.2, 0.25) is 0 Å². The summed E-state index contributed by atoms with van der Waals surface area (Å²) in [5.74, 6) is -0.459. The molecule has 5 rings (SSSR count). The smallest absolute Gasteiger partial charge is 0.282 e. The summed E-state index contributed by atoms with van der Waals surface area (Å²) in [6.07, 6.45) is 0. The van der Waals surface area contributed by atoms with Crippen LogP contribution in [0.5, 0.6) is 0 Å². The van der Waals surface area contributed by atoms with Crippen molar-refractivity contribution in [3.63, 3.8) is 0 Å². The van der Waals surface area contributed by atoms with Gasteiger partial charge in [0.15, 0.2) is 0 Å². The van der Waals surface area contributed by atoms with Crippen LogP contribution in [0.4, 0.5) is 11.4 Å². The molecule has 2 aliphatic heterocycles. The van der Waals surface area contributed by atoms with Gasteiger partial charge in [-0.15, -0.1) is 11.3 Å². The van der Waals surface area contributed by atoms with Gasteiger partial charge >= 0.3 is 0 Å². The monoisotopic (exact) mass is 443 g/mol. The van der Waals surface area contributed by atoms with Crippen molar-refractivity contribution in [3.8, 4) is 0 Å². The molecule has 0 saturated carbocycles. The molecule has 0 bridgehead atoms. The van der Waals surface area contributed by atoms with E-state index in [1.807, 2.05) is 67.8 Å². The number of imide groups is 1. The molecular weight excluding hydrogens is 418 g/mol. The molecule has 32 heavy (non-hydrogen) atoms. The van der Waals surface area contributed by atoms with Crippen molar-refractivity contribution < 1.29 is 9.59 Å². The lowest BCUT2D eigenvalue weighted by atomic mass is 10.1. The molecule has 1 aromatic heterocycles. The molecule has 0 radical (unpaired) electrons. The number of piperazine rings is 1. The first-order valence-electron chi connectivity index (χ1n) is 10.8. The van der Waals surface area contributed by atoms with Crippen molar-refractivity contribution in [1.29, 1.82) is 0 Å². The fourth-order valence-electron chi connectivity index (χ4n) is 4.60. The van der Waals surface area contributed by atoms with Crippen LogP contribution in [0, 0.1) is 13.8 Å². The van der Waals surface area contributed by atoms with E-state index >= 15 is 0 Å². The number of carbonyl (C=O) groups is 2. The summed E-state index contributed by atoms with van der Waals surface area (Å²) < 4.78 is 0. The van der Waals surface area contributed by atoms with Crippen molar-refractivity contribution in [1.82, 2.24) is 4.90 Å². The van der Waals surface area contributed by atoms with E-state index in [0.717, 1.165) is 29.1 Å². The van der Waals surface area contributed by atoms with E-state index in [4.69, 9.17) is 0 Å². The first-order chi connectivity index (χ1) is 15.5. The minimum Gasteiger partial charge on any atom is -0.368 e. The highest BCUT2D eigenvalue weighted by atomic mass is 32.1. The second-order valence-corrected chi connectivity index (χ2v) is 9.25. The number of aryl methyl sites for hydroxylation is 2. The number of carbonyl (C=O) groups excluding carboxylic acids is 2. The average molecular weight is 444 g/mol. The fourth-order valence-corrected chi connectivity index (χ4v) is 5.36. The Kier molecular flexibility index (Phi) is 5.31. The van der Waals surface area contributed by atoms with E-state index in [9.17, 15) is 9.59 Å². The van der Waals surface area contributed by atoms with Crippen LogP contribution in [0.15, 0.2) is 71.7 Å². The topological polar surface area (TPSA) is 43.9 Å². The first kappa shape index (κ1) is 20.5. The molecule has 162 valence electrons. The number of nitrogens with zero attached hydrogens (tertiary/aromatic N) is 3. The summed E-state index contributed by atoms with van der Waals surface area (Å²) in [4.78, 5) is 33.9. The Morgan fingerprint density at radius 3 is 2.00 bits per heavy atom. The average Bonchev–Trinajstić information content (AvgIpc) is 3.40. The van der Waals surface area contributed by atoms with E-state index in [2.05, 4.69) is 21.9 Å². The molecule has 0 atom stereocenters. The van der Waals surface area contributed by atoms with Crippen LogP contribution >= 0.6 is 11.3 Å². The standard InChI is InChI=1S/C26H25N3O2S/c1-18-15-19(2)17-21(16-18)29-25(30)23(22-9-6-14-32-22)24(26(29)31)28-12-10-27(11-13-28)20-7-4-3-5-8-20/h3-9,14-17H,10-13H2,1-2H3. The van der Waals surface area contributed by atoms with Crippen LogP contribution < -0.4 is 9.80 Å². The molecule has 0 aliphatic carbocycles. The van der Waals surface area contributed by atoms with Crippen LogP contribution in [0.2, 0.25) is 0 Å². The largest absolute Gasteiger partial charge is 0.368 e. The molecule has 2 amide bonds. The van der Waals surface area contributed by atoms with Gasteiger partial charge in [-0.1, -0.05) is 30.3 Å². The summed E-state index contributed by atoms with van der Waals surface area (Å²) in [6, 6.07) is 20.0. The number of rotatable bonds is 4. The lowest BCUT2D eigenvalue weighted by Crippen LogP contribution is -2.47. The third-order valence-corrected chi connectivity index (χ3v) is 6.90. The van der Waals surface area contributed by atoms with E-state index in [0.29, 0.717) is 30.0 Å². The van der Waals surface area contributed by atoms with Gasteiger partial charge in [0.25, 0.3) is 11.8 Å². The van der Waals surface area contributed by atoms with E-state index in [1.54, 1.807) is 0 Å². The predicted molar refractivity (Wildman–Crippen MR) is 130 cm³/mol. The van der Waals surface area contributed by atoms with Crippen LogP contribution in [0.25, 0.3) is 5.57 Å². The van der Waals surface area contributed by atoms with Gasteiger partial charge < -0.3 is 9.80 Å². The minimum absolute atomic E-state index is 0.225. The minimum atomic E-state index is -0.233. The lowest BCUT2D eigenvalue weighted by Gasteiger charge is -2.37. The maximum absolute atomic E-state index is 13.7. The lowest BCUT2D eigenvalue weighted by molar-refractivity contribution is -0.120. The second kappa shape index (κ2) is 8.28. The van der Waals surface area contributed by atoms with Gasteiger partial charge in [-0.3, -0.25) is 9.59 Å². The van der Waals surface area contributed by atoms with E-state index in [-0.39, 0.29) is 11.8 Å². The maximum Gasteiger partial charge on any atom is 0.282 e. The molecular formula is C26H25N3O2S. The SMILES string of the molecule is Cc1cc(C)cc(N2C(=O)C(c3cccs3)=C(N3CCN(c4ccccc4)CC3)C2=O)c1. The second-order valence-electron chi connectivity index (χ2n) is 8.30. The maximum atomic E-state index is 13.7. The Labute approximate surface area is 192 Å². The van der Waals surface area contributed by atoms with Gasteiger partial charge in [-0.05, 0) is 60.7 Å². The Bertz CT molecular complexity index is 1170. The van der Waals surface area contributed by atoms with Gasteiger partial charge in [0.05, 0.1) is 11.3 Å². The summed E-state index contributed by atoms with van der Waals surface area (Å²) >= 11 is 1.50. The van der Waals surface area contributed by atoms with Crippen molar-refractivity contribution in [2.24, 2.45) is 0 Å². The van der Waals surface area contributed by atoms with Crippen molar-refractivity contribution in [3.05, 3.63) is 87.7 Å². The Morgan fingerprint density at radius 2 is 1.38 bits per heavy atom. The summed E-state index contributed by atoms with van der Waals surface area (Å²) in [5, 5.41) is 1.95. The van der Waals surface area contributed by atoms with Crippen molar-refractivity contribution >= 4 is 40.1 Å². The zero-order chi connectivity index (χ0) is 22.2. The third kappa shape index (κ3) is 3.60. The Morgan fingerprint density at radius 1 is 0.719 bits per heavy atom. The van der Waals surface area contributed by atoms with Gasteiger partial charge in [0, 0.05) is 36.7 Å². The number of thiophene rings is 1. The molecule has 0 spiro atoms. The summed E-state index contributed by atoms with van der Waals surface area (Å²) in [7, 11) is 0. The molecule has 3 heterocycles. The molecule has 2 aliphatic rings. The normalized spacial score (nSPS) is 17.0. The van der Waals surface area contributed by atoms with Crippen LogP contribution in [-0.4, -0.2) is 42.9 Å². The molecule has 0 unspecified atom stereocenters. The number of amides is 2. The summed E-state index contributed by atoms with van der Waals surface area (Å²) in [6.45, 7) is 6.96. The van der Waals surface area contributed by atoms with Crippen molar-refractivity contribution in [2.75, 3.05) is 36.0 Å². The molecule has 0 N–H and O–H groups in total. The number of hydrogen-bond donors (Lipinski definition) is 0. The number of benzene rings is 2. The van der Waals surface area contributed by atoms with Crippen molar-refractivity contribution in [2.45, 2.75) is 13.8 Å². The summed E-state index contributed by atoms with van der Waals surface area (Å²) in [5.41, 5.74) is 4.95.